The van der Waals surface area contributed by atoms with Crippen molar-refractivity contribution < 1.29 is 118 Å². The summed E-state index contributed by atoms with van der Waals surface area (Å²) in [5.41, 5.74) is 0. The minimum atomic E-state index is -5.50. The zero-order valence-electron chi connectivity index (χ0n) is 49.3. The van der Waals surface area contributed by atoms with E-state index in [2.05, 4.69) is 19.2 Å². The van der Waals surface area contributed by atoms with Crippen molar-refractivity contribution in [1.29, 1.82) is 0 Å². The summed E-state index contributed by atoms with van der Waals surface area (Å²) >= 11 is 0. The van der Waals surface area contributed by atoms with Crippen LogP contribution in [0.25, 0.3) is 0 Å². The van der Waals surface area contributed by atoms with E-state index in [1.54, 1.807) is 0 Å². The van der Waals surface area contributed by atoms with E-state index in [0.717, 1.165) is 57.8 Å². The van der Waals surface area contributed by atoms with Crippen molar-refractivity contribution >= 4 is 21.6 Å². The van der Waals surface area contributed by atoms with Gasteiger partial charge in [0.1, 0.15) is 97.7 Å². The Morgan fingerprint density at radius 2 is 0.771 bits per heavy atom. The Hall–Kier alpha value is -0.910. The summed E-state index contributed by atoms with van der Waals surface area (Å²) in [4.78, 5) is 34.8. The number of aliphatic hydroxyl groups is 13. The number of hydrogen-bond donors (Lipinski definition) is 16. The fourth-order valence-corrected chi connectivity index (χ4v) is 12.8. The van der Waals surface area contributed by atoms with Gasteiger partial charge in [-0.3, -0.25) is 22.9 Å². The lowest BCUT2D eigenvalue weighted by Gasteiger charge is -2.47. The van der Waals surface area contributed by atoms with Gasteiger partial charge in [-0.1, -0.05) is 200 Å². The van der Waals surface area contributed by atoms with Crippen LogP contribution < -0.4 is 5.32 Å². The fourth-order valence-electron chi connectivity index (χ4n) is 10.9. The molecule has 3 fully saturated rings. The van der Waals surface area contributed by atoms with Gasteiger partial charge in [0.05, 0.1) is 25.4 Å². The van der Waals surface area contributed by atoms with E-state index in [9.17, 15) is 90.1 Å². The summed E-state index contributed by atoms with van der Waals surface area (Å²) in [5, 5.41) is 140. The van der Waals surface area contributed by atoms with Crippen LogP contribution in [0.15, 0.2) is 0 Å². The van der Waals surface area contributed by atoms with Crippen molar-refractivity contribution in [1.82, 2.24) is 5.32 Å². The summed E-state index contributed by atoms with van der Waals surface area (Å²) in [6, 6.07) is -1.24. The zero-order chi connectivity index (χ0) is 61.5. The largest absolute Gasteiger partial charge is 0.472 e. The summed E-state index contributed by atoms with van der Waals surface area (Å²) < 4.78 is 57.9. The van der Waals surface area contributed by atoms with Gasteiger partial charge in [0, 0.05) is 6.42 Å². The molecule has 21 atom stereocenters. The monoisotopic (exact) mass is 1240 g/mol. The van der Waals surface area contributed by atoms with Crippen LogP contribution >= 0.6 is 15.6 Å². The van der Waals surface area contributed by atoms with Crippen LogP contribution in [0.4, 0.5) is 0 Å². The quantitative estimate of drug-likeness (QED) is 0.0304. The molecule has 0 bridgehead atoms. The Kier molecular flexibility index (Phi) is 38.1. The molecule has 2 saturated carbocycles. The summed E-state index contributed by atoms with van der Waals surface area (Å²) in [5.74, 6) is -0.437. The standard InChI is InChI=1S/C56H109NO24P2/c1-3-5-7-9-11-13-15-17-19-21-23-25-27-29-31-33-38(58)37(57-40(59)34-32-30-28-26-24-22-20-18-16-14-12-10-8-6-4-2)35-76-82(72,73)81-55-51(70)47(66)46(65)50(69)54(55)79-56-52(71)42(61)41(60)39(78-56)36-77-83(74,75)80-53-48(67)44(63)43(62)45(64)49(53)68/h37-39,41-56,58,60-71H,3-36H2,1-2H3,(H,57,59)(H,72,73)(H,74,75)/t37-,38+,39+,41+,42?,43?,44+,45?,46?,47?,48?,49?,50+,51?,52?,53?,54?,55-,56+/m0/s1. The van der Waals surface area contributed by atoms with Gasteiger partial charge in [-0.15, -0.1) is 0 Å². The van der Waals surface area contributed by atoms with E-state index in [1.807, 2.05) is 0 Å². The SMILES string of the molecule is CCCCCCCCCCCCCCCCCC(=O)N[C@@H](COP(=O)(O)O[C@H]1C(O)C(O)C(O)[C@@H](O)C1O[C@H]1O[C@H](COP(=O)(O)OC2C(O)C(O)C(O)[C@@H](O)C2O)[C@@H](O)C(O)C1O)[C@H](O)CCCCCCCCCCCCCCCCC. The first-order chi connectivity index (χ1) is 39.5. The van der Waals surface area contributed by atoms with Gasteiger partial charge in [-0.25, -0.2) is 9.13 Å². The molecule has 3 aliphatic rings. The highest BCUT2D eigenvalue weighted by atomic mass is 31.2. The minimum absolute atomic E-state index is 0.108. The molecule has 13 unspecified atom stereocenters. The van der Waals surface area contributed by atoms with Crippen LogP contribution in [-0.2, 0) is 41.5 Å². The first kappa shape index (κ1) is 76.3. The first-order valence-corrected chi connectivity index (χ1v) is 34.2. The van der Waals surface area contributed by atoms with Crippen molar-refractivity contribution in [2.24, 2.45) is 0 Å². The molecule has 83 heavy (non-hydrogen) atoms. The maximum absolute atomic E-state index is 13.8. The molecule has 0 aromatic rings. The zero-order valence-corrected chi connectivity index (χ0v) is 51.1. The maximum atomic E-state index is 13.8. The normalized spacial score (nSPS) is 32.7. The van der Waals surface area contributed by atoms with E-state index >= 15 is 0 Å². The number of nitrogens with one attached hydrogen (secondary N) is 1. The molecule has 25 nitrogen and oxygen atoms in total. The Labute approximate surface area is 491 Å². The molecule has 0 radical (unpaired) electrons. The number of amides is 1. The fraction of sp³-hybridized carbons (Fsp3) is 0.982. The minimum Gasteiger partial charge on any atom is -0.391 e. The van der Waals surface area contributed by atoms with Gasteiger partial charge >= 0.3 is 15.6 Å². The van der Waals surface area contributed by atoms with Gasteiger partial charge in [-0.05, 0) is 12.8 Å². The number of unbranched alkanes of at least 4 members (excludes halogenated alkanes) is 28. The van der Waals surface area contributed by atoms with Crippen LogP contribution in [0, 0.1) is 0 Å². The number of rotatable bonds is 46. The predicted molar refractivity (Wildman–Crippen MR) is 304 cm³/mol. The van der Waals surface area contributed by atoms with E-state index in [-0.39, 0.29) is 12.8 Å². The molecule has 1 amide bonds. The number of ether oxygens (including phenoxy) is 2. The lowest BCUT2D eigenvalue weighted by atomic mass is 9.84. The van der Waals surface area contributed by atoms with Crippen LogP contribution in [0.2, 0.25) is 0 Å². The van der Waals surface area contributed by atoms with Gasteiger partial charge in [0.2, 0.25) is 5.91 Å². The summed E-state index contributed by atoms with van der Waals surface area (Å²) in [6.07, 6.45) is -4.67. The van der Waals surface area contributed by atoms with Gasteiger partial charge in [0.15, 0.2) is 6.29 Å². The summed E-state index contributed by atoms with van der Waals surface area (Å²) in [7, 11) is -11.0. The van der Waals surface area contributed by atoms with Crippen LogP contribution in [0.5, 0.6) is 0 Å². The number of phosphoric ester groups is 2. The molecule has 0 aromatic carbocycles. The summed E-state index contributed by atoms with van der Waals surface area (Å²) in [6.45, 7) is 2.39. The van der Waals surface area contributed by atoms with Crippen molar-refractivity contribution in [2.45, 2.75) is 335 Å². The number of carbonyl (C=O) groups is 1. The smallest absolute Gasteiger partial charge is 0.391 e. The van der Waals surface area contributed by atoms with Crippen LogP contribution in [-0.4, -0.2) is 211 Å². The molecule has 1 heterocycles. The van der Waals surface area contributed by atoms with E-state index in [4.69, 9.17) is 27.6 Å². The van der Waals surface area contributed by atoms with Crippen molar-refractivity contribution in [2.75, 3.05) is 13.2 Å². The average molecular weight is 1240 g/mol. The van der Waals surface area contributed by atoms with Crippen LogP contribution in [0.1, 0.15) is 219 Å². The van der Waals surface area contributed by atoms with Gasteiger partial charge in [-0.2, -0.15) is 0 Å². The van der Waals surface area contributed by atoms with Crippen molar-refractivity contribution in [3.05, 3.63) is 0 Å². The molecule has 3 rings (SSSR count). The molecule has 1 aliphatic heterocycles. The second kappa shape index (κ2) is 41.4. The van der Waals surface area contributed by atoms with E-state index in [0.29, 0.717) is 12.8 Å². The third kappa shape index (κ3) is 27.8. The van der Waals surface area contributed by atoms with Crippen molar-refractivity contribution in [3.8, 4) is 0 Å². The average Bonchev–Trinajstić information content (AvgIpc) is 2.69. The maximum Gasteiger partial charge on any atom is 0.472 e. The molecule has 2 aliphatic carbocycles. The second-order valence-corrected chi connectivity index (χ2v) is 26.2. The molecule has 16 N–H and O–H groups in total. The van der Waals surface area contributed by atoms with E-state index < -0.39 is 151 Å². The topological polar surface area (TPSA) is 422 Å². The first-order valence-electron chi connectivity index (χ1n) is 31.2. The highest BCUT2D eigenvalue weighted by Crippen LogP contribution is 2.49. The van der Waals surface area contributed by atoms with Gasteiger partial charge in [0.25, 0.3) is 0 Å². The van der Waals surface area contributed by atoms with Crippen molar-refractivity contribution in [3.63, 3.8) is 0 Å². The lowest BCUT2D eigenvalue weighted by Crippen LogP contribution is -2.67. The Balaban J connectivity index is 1.62. The number of aliphatic hydroxyl groups excluding tert-OH is 13. The molecular formula is C56H109NO24P2. The van der Waals surface area contributed by atoms with Gasteiger partial charge < -0.3 is 91.0 Å². The molecule has 27 heteroatoms. The van der Waals surface area contributed by atoms with Crippen LogP contribution in [0.3, 0.4) is 0 Å². The molecular weight excluding hydrogens is 1130 g/mol. The molecule has 492 valence electrons. The molecule has 0 aromatic heterocycles. The molecule has 0 spiro atoms. The second-order valence-electron chi connectivity index (χ2n) is 23.4. The predicted octanol–water partition coefficient (Wildman–Crippen LogP) is 3.83. The number of carbonyl (C=O) groups excluding carboxylic acids is 1. The Bertz CT molecular complexity index is 1780. The van der Waals surface area contributed by atoms with E-state index in [1.165, 1.54) is 122 Å². The molecule has 1 saturated heterocycles. The highest BCUT2D eigenvalue weighted by Gasteiger charge is 2.56. The Morgan fingerprint density at radius 3 is 1.20 bits per heavy atom. The third-order valence-corrected chi connectivity index (χ3v) is 18.3. The highest BCUT2D eigenvalue weighted by molar-refractivity contribution is 7.47. The number of phosphoric acid groups is 2. The lowest BCUT2D eigenvalue weighted by molar-refractivity contribution is -0.337. The Morgan fingerprint density at radius 1 is 0.434 bits per heavy atom. The number of hydrogen-bond acceptors (Lipinski definition) is 22. The third-order valence-electron chi connectivity index (χ3n) is 16.3.